The fourth-order valence-electron chi connectivity index (χ4n) is 1.18. The summed E-state index contributed by atoms with van der Waals surface area (Å²) in [5.74, 6) is 0.326. The van der Waals surface area contributed by atoms with Crippen LogP contribution in [0.1, 0.15) is 13.3 Å². The molecule has 6 nitrogen and oxygen atoms in total. The number of hydrogen-bond donors (Lipinski definition) is 1. The Labute approximate surface area is 87.7 Å². The number of nitrogens with one attached hydrogen (secondary N) is 1. The monoisotopic (exact) mass is 210 g/mol. The van der Waals surface area contributed by atoms with Crippen molar-refractivity contribution in [3.05, 3.63) is 28.5 Å². The van der Waals surface area contributed by atoms with Crippen LogP contribution in [0.3, 0.4) is 0 Å². The van der Waals surface area contributed by atoms with E-state index in [0.717, 1.165) is 6.42 Å². The zero-order valence-electron chi connectivity index (χ0n) is 8.80. The van der Waals surface area contributed by atoms with Gasteiger partial charge in [0, 0.05) is 13.6 Å². The summed E-state index contributed by atoms with van der Waals surface area (Å²) in [6.07, 6.45) is 6.14. The molecule has 0 amide bonds. The molecule has 1 aromatic rings. The van der Waals surface area contributed by atoms with Crippen LogP contribution < -0.4 is 5.32 Å². The lowest BCUT2D eigenvalue weighted by atomic mass is 10.4. The maximum Gasteiger partial charge on any atom is 0.330 e. The number of anilines is 1. The molecule has 0 aliphatic rings. The average molecular weight is 210 g/mol. The Balaban J connectivity index is 2.63. The maximum absolute atomic E-state index is 10.6. The van der Waals surface area contributed by atoms with Crippen LogP contribution in [0.15, 0.2) is 18.3 Å². The predicted octanol–water partition coefficient (Wildman–Crippen LogP) is 1.71. The Morgan fingerprint density at radius 2 is 2.47 bits per heavy atom. The summed E-state index contributed by atoms with van der Waals surface area (Å²) in [6, 6.07) is 0. The maximum atomic E-state index is 10.6. The van der Waals surface area contributed by atoms with Crippen LogP contribution in [-0.2, 0) is 7.05 Å². The van der Waals surface area contributed by atoms with E-state index in [1.807, 2.05) is 19.1 Å². The quantitative estimate of drug-likeness (QED) is 0.347. The predicted molar refractivity (Wildman–Crippen MR) is 57.8 cm³/mol. The molecule has 1 aromatic heterocycles. The Morgan fingerprint density at radius 3 is 3.07 bits per heavy atom. The lowest BCUT2D eigenvalue weighted by Gasteiger charge is -1.98. The number of rotatable bonds is 5. The second-order valence-electron chi connectivity index (χ2n) is 3.08. The first-order valence-corrected chi connectivity index (χ1v) is 4.68. The molecule has 0 radical (unpaired) electrons. The highest BCUT2D eigenvalue weighted by Gasteiger charge is 2.17. The van der Waals surface area contributed by atoms with Crippen molar-refractivity contribution >= 4 is 11.5 Å². The van der Waals surface area contributed by atoms with E-state index in [4.69, 9.17) is 0 Å². The Bertz CT molecular complexity index is 370. The van der Waals surface area contributed by atoms with Crippen molar-refractivity contribution in [2.24, 2.45) is 7.05 Å². The van der Waals surface area contributed by atoms with Gasteiger partial charge in [-0.2, -0.15) is 0 Å². The number of hydrogen-bond acceptors (Lipinski definition) is 4. The van der Waals surface area contributed by atoms with Gasteiger partial charge in [-0.3, -0.25) is 14.8 Å². The molecule has 6 heteroatoms. The molecule has 0 spiro atoms. The highest BCUT2D eigenvalue weighted by molar-refractivity contribution is 5.54. The smallest absolute Gasteiger partial charge is 0.330 e. The summed E-state index contributed by atoms with van der Waals surface area (Å²) in [4.78, 5) is 10.2. The third-order valence-electron chi connectivity index (χ3n) is 1.85. The van der Waals surface area contributed by atoms with Crippen molar-refractivity contribution in [2.75, 3.05) is 11.9 Å². The van der Waals surface area contributed by atoms with Crippen LogP contribution in [0.2, 0.25) is 0 Å². The van der Waals surface area contributed by atoms with Gasteiger partial charge < -0.3 is 5.32 Å². The molecule has 0 aliphatic heterocycles. The molecule has 1 N–H and O–H groups in total. The standard InChI is InChI=1S/C9H14N4O2/c1-3-4-5-6-10-9-8(13(14)15)7-12(2)11-9/h3-4,7H,5-6H2,1-2H3,(H,10,11)/b4-3+. The van der Waals surface area contributed by atoms with E-state index in [-0.39, 0.29) is 5.69 Å². The molecule has 0 saturated carbocycles. The minimum Gasteiger partial charge on any atom is -0.363 e. The van der Waals surface area contributed by atoms with Gasteiger partial charge in [0.1, 0.15) is 6.20 Å². The number of nitro groups is 1. The molecule has 15 heavy (non-hydrogen) atoms. The van der Waals surface area contributed by atoms with Crippen molar-refractivity contribution in [3.8, 4) is 0 Å². The zero-order chi connectivity index (χ0) is 11.3. The Morgan fingerprint density at radius 1 is 1.73 bits per heavy atom. The first-order chi connectivity index (χ1) is 7.15. The summed E-state index contributed by atoms with van der Waals surface area (Å²) in [7, 11) is 1.66. The summed E-state index contributed by atoms with van der Waals surface area (Å²) in [5.41, 5.74) is 0.0120. The van der Waals surface area contributed by atoms with E-state index in [9.17, 15) is 10.1 Å². The summed E-state index contributed by atoms with van der Waals surface area (Å²) in [6.45, 7) is 2.57. The zero-order valence-corrected chi connectivity index (χ0v) is 8.80. The van der Waals surface area contributed by atoms with Gasteiger partial charge in [0.2, 0.25) is 5.82 Å². The average Bonchev–Trinajstić information content (AvgIpc) is 2.55. The van der Waals surface area contributed by atoms with E-state index in [2.05, 4.69) is 10.4 Å². The van der Waals surface area contributed by atoms with Gasteiger partial charge in [0.15, 0.2) is 0 Å². The van der Waals surface area contributed by atoms with E-state index >= 15 is 0 Å². The Hall–Kier alpha value is -1.85. The van der Waals surface area contributed by atoms with Gasteiger partial charge in [-0.15, -0.1) is 5.10 Å². The molecule has 0 atom stereocenters. The van der Waals surface area contributed by atoms with Crippen LogP contribution in [0.5, 0.6) is 0 Å². The summed E-state index contributed by atoms with van der Waals surface area (Å²) < 4.78 is 1.43. The first-order valence-electron chi connectivity index (χ1n) is 4.68. The third kappa shape index (κ3) is 3.08. The second-order valence-corrected chi connectivity index (χ2v) is 3.08. The first kappa shape index (κ1) is 11.2. The molecule has 0 saturated heterocycles. The second kappa shape index (κ2) is 5.14. The third-order valence-corrected chi connectivity index (χ3v) is 1.85. The van der Waals surface area contributed by atoms with Crippen LogP contribution in [0.4, 0.5) is 11.5 Å². The molecule has 82 valence electrons. The van der Waals surface area contributed by atoms with E-state index < -0.39 is 4.92 Å². The van der Waals surface area contributed by atoms with E-state index in [0.29, 0.717) is 12.4 Å². The van der Waals surface area contributed by atoms with Crippen molar-refractivity contribution in [3.63, 3.8) is 0 Å². The number of aromatic nitrogens is 2. The SMILES string of the molecule is C/C=C/CCNc1nn(C)cc1[N+](=O)[O-]. The minimum absolute atomic E-state index is 0.0120. The molecule has 1 heterocycles. The normalized spacial score (nSPS) is 10.8. The van der Waals surface area contributed by atoms with Crippen molar-refractivity contribution < 1.29 is 4.92 Å². The van der Waals surface area contributed by atoms with Crippen molar-refractivity contribution in [2.45, 2.75) is 13.3 Å². The molecule has 1 rings (SSSR count). The van der Waals surface area contributed by atoms with Crippen LogP contribution in [0, 0.1) is 10.1 Å². The fraction of sp³-hybridized carbons (Fsp3) is 0.444. The van der Waals surface area contributed by atoms with Gasteiger partial charge in [0.05, 0.1) is 4.92 Å². The highest BCUT2D eigenvalue weighted by Crippen LogP contribution is 2.20. The van der Waals surface area contributed by atoms with Crippen LogP contribution >= 0.6 is 0 Å². The minimum atomic E-state index is -0.439. The lowest BCUT2D eigenvalue weighted by Crippen LogP contribution is -2.03. The molecule has 0 unspecified atom stereocenters. The van der Waals surface area contributed by atoms with Gasteiger partial charge >= 0.3 is 5.69 Å². The number of nitrogens with zero attached hydrogens (tertiary/aromatic N) is 3. The molecular weight excluding hydrogens is 196 g/mol. The highest BCUT2D eigenvalue weighted by atomic mass is 16.6. The van der Waals surface area contributed by atoms with Gasteiger partial charge in [-0.05, 0) is 13.3 Å². The Kier molecular flexibility index (Phi) is 3.84. The fourth-order valence-corrected chi connectivity index (χ4v) is 1.18. The van der Waals surface area contributed by atoms with Gasteiger partial charge in [0.25, 0.3) is 0 Å². The van der Waals surface area contributed by atoms with Crippen molar-refractivity contribution in [1.29, 1.82) is 0 Å². The van der Waals surface area contributed by atoms with Crippen molar-refractivity contribution in [1.82, 2.24) is 9.78 Å². The molecule has 0 aliphatic carbocycles. The summed E-state index contributed by atoms with van der Waals surface area (Å²) >= 11 is 0. The van der Waals surface area contributed by atoms with E-state index in [1.54, 1.807) is 7.05 Å². The van der Waals surface area contributed by atoms with E-state index in [1.165, 1.54) is 10.9 Å². The largest absolute Gasteiger partial charge is 0.363 e. The lowest BCUT2D eigenvalue weighted by molar-refractivity contribution is -0.384. The number of allylic oxidation sites excluding steroid dienone is 1. The van der Waals surface area contributed by atoms with Crippen LogP contribution in [-0.4, -0.2) is 21.2 Å². The van der Waals surface area contributed by atoms with Gasteiger partial charge in [-0.25, -0.2) is 0 Å². The van der Waals surface area contributed by atoms with Crippen LogP contribution in [0.25, 0.3) is 0 Å². The topological polar surface area (TPSA) is 73.0 Å². The molecule has 0 aromatic carbocycles. The molecular formula is C9H14N4O2. The molecule has 0 fully saturated rings. The van der Waals surface area contributed by atoms with Gasteiger partial charge in [-0.1, -0.05) is 12.2 Å². The summed E-state index contributed by atoms with van der Waals surface area (Å²) in [5, 5.41) is 17.5. The molecule has 0 bridgehead atoms. The number of aryl methyl sites for hydroxylation is 1.